The number of carbonyl (C=O) groups is 2. The van der Waals surface area contributed by atoms with E-state index in [0.717, 1.165) is 18.6 Å². The highest BCUT2D eigenvalue weighted by Gasteiger charge is 2.18. The highest BCUT2D eigenvalue weighted by Crippen LogP contribution is 2.02. The minimum atomic E-state index is -0.950. The molecule has 0 saturated heterocycles. The van der Waals surface area contributed by atoms with E-state index < -0.39 is 12.0 Å². The van der Waals surface area contributed by atoms with Crippen molar-refractivity contribution in [3.63, 3.8) is 0 Å². The van der Waals surface area contributed by atoms with E-state index in [4.69, 9.17) is 5.11 Å². The lowest BCUT2D eigenvalue weighted by Gasteiger charge is -2.13. The molecule has 0 aromatic heterocycles. The van der Waals surface area contributed by atoms with E-state index in [1.165, 1.54) is 0 Å². The summed E-state index contributed by atoms with van der Waals surface area (Å²) < 4.78 is 0. The molecule has 0 heterocycles. The molecule has 0 saturated carbocycles. The largest absolute Gasteiger partial charge is 0.480 e. The van der Waals surface area contributed by atoms with E-state index in [1.54, 1.807) is 11.8 Å². The number of carboxylic acids is 1. The van der Waals surface area contributed by atoms with Crippen LogP contribution >= 0.6 is 11.8 Å². The molecule has 0 fully saturated rings. The van der Waals surface area contributed by atoms with Gasteiger partial charge in [0.2, 0.25) is 5.91 Å². The molecule has 0 aliphatic heterocycles. The van der Waals surface area contributed by atoms with Crippen LogP contribution in [0.5, 0.6) is 0 Å². The Bertz CT molecular complexity index is 209. The molecule has 0 aromatic carbocycles. The Morgan fingerprint density at radius 2 is 2.13 bits per heavy atom. The van der Waals surface area contributed by atoms with Crippen LogP contribution < -0.4 is 5.32 Å². The second-order valence-corrected chi connectivity index (χ2v) is 4.33. The molecule has 0 spiro atoms. The van der Waals surface area contributed by atoms with Gasteiger partial charge in [-0.05, 0) is 24.9 Å². The summed E-state index contributed by atoms with van der Waals surface area (Å²) in [5.74, 6) is -0.371. The van der Waals surface area contributed by atoms with Crippen molar-refractivity contribution in [2.24, 2.45) is 0 Å². The molecule has 15 heavy (non-hydrogen) atoms. The van der Waals surface area contributed by atoms with Crippen LogP contribution in [0, 0.1) is 0 Å². The summed E-state index contributed by atoms with van der Waals surface area (Å²) in [4.78, 5) is 22.1. The van der Waals surface area contributed by atoms with Crippen molar-refractivity contribution in [1.29, 1.82) is 0 Å². The first-order valence-electron chi connectivity index (χ1n) is 5.13. The Kier molecular flexibility index (Phi) is 8.18. The zero-order valence-corrected chi connectivity index (χ0v) is 10.1. The monoisotopic (exact) mass is 233 g/mol. The third kappa shape index (κ3) is 7.25. The predicted octanol–water partition coefficient (Wildman–Crippen LogP) is 1.50. The average molecular weight is 233 g/mol. The van der Waals surface area contributed by atoms with Gasteiger partial charge >= 0.3 is 5.97 Å². The maximum atomic E-state index is 11.3. The van der Waals surface area contributed by atoms with Crippen molar-refractivity contribution >= 4 is 23.6 Å². The molecule has 0 bridgehead atoms. The van der Waals surface area contributed by atoms with Crippen molar-refractivity contribution in [3.05, 3.63) is 0 Å². The van der Waals surface area contributed by atoms with Gasteiger partial charge in [0.15, 0.2) is 0 Å². The first kappa shape index (κ1) is 14.3. The molecule has 0 rings (SSSR count). The van der Waals surface area contributed by atoms with Gasteiger partial charge in [0.1, 0.15) is 6.04 Å². The third-order valence-corrected chi connectivity index (χ3v) is 2.65. The zero-order chi connectivity index (χ0) is 11.7. The summed E-state index contributed by atoms with van der Waals surface area (Å²) in [6.07, 6.45) is 4.56. The van der Waals surface area contributed by atoms with Crippen molar-refractivity contribution in [2.75, 3.05) is 12.0 Å². The standard InChI is InChI=1S/C10H19NO3S/c1-3-4-5-9(12)11-8(10(13)14)6-7-15-2/h8H,3-7H2,1-2H3,(H,11,12)(H,13,14)/t8-/m1/s1. The number of aliphatic carboxylic acids is 1. The van der Waals surface area contributed by atoms with E-state index in [1.807, 2.05) is 13.2 Å². The Morgan fingerprint density at radius 1 is 1.47 bits per heavy atom. The molecule has 0 radical (unpaired) electrons. The van der Waals surface area contributed by atoms with Crippen LogP contribution in [0.4, 0.5) is 0 Å². The van der Waals surface area contributed by atoms with Gasteiger partial charge in [0, 0.05) is 6.42 Å². The van der Waals surface area contributed by atoms with E-state index in [0.29, 0.717) is 12.8 Å². The van der Waals surface area contributed by atoms with Gasteiger partial charge in [0.25, 0.3) is 0 Å². The van der Waals surface area contributed by atoms with Crippen molar-refractivity contribution in [1.82, 2.24) is 5.32 Å². The van der Waals surface area contributed by atoms with Gasteiger partial charge in [-0.2, -0.15) is 11.8 Å². The quantitative estimate of drug-likeness (QED) is 0.666. The fourth-order valence-electron chi connectivity index (χ4n) is 1.10. The van der Waals surface area contributed by atoms with Crippen molar-refractivity contribution in [2.45, 2.75) is 38.6 Å². The lowest BCUT2D eigenvalue weighted by atomic mass is 10.2. The first-order valence-corrected chi connectivity index (χ1v) is 6.52. The molecule has 0 aliphatic rings. The number of thioether (sulfide) groups is 1. The summed E-state index contributed by atoms with van der Waals surface area (Å²) in [6.45, 7) is 2.00. The van der Waals surface area contributed by atoms with Crippen LogP contribution in [0.1, 0.15) is 32.6 Å². The molecule has 2 N–H and O–H groups in total. The van der Waals surface area contributed by atoms with E-state index in [9.17, 15) is 9.59 Å². The molecule has 88 valence electrons. The molecule has 0 unspecified atom stereocenters. The van der Waals surface area contributed by atoms with E-state index in [2.05, 4.69) is 5.32 Å². The SMILES string of the molecule is CCCCC(=O)N[C@H](CCSC)C(=O)O. The molecule has 5 heteroatoms. The Hall–Kier alpha value is -0.710. The third-order valence-electron chi connectivity index (χ3n) is 2.00. The number of carbonyl (C=O) groups excluding carboxylic acids is 1. The second-order valence-electron chi connectivity index (χ2n) is 3.34. The second kappa shape index (κ2) is 8.59. The molecular formula is C10H19NO3S. The molecule has 0 aromatic rings. The zero-order valence-electron chi connectivity index (χ0n) is 9.28. The van der Waals surface area contributed by atoms with Crippen LogP contribution in [0.25, 0.3) is 0 Å². The number of unbranched alkanes of at least 4 members (excludes halogenated alkanes) is 1. The Labute approximate surface area is 94.8 Å². The smallest absolute Gasteiger partial charge is 0.326 e. The van der Waals surface area contributed by atoms with Gasteiger partial charge in [0.05, 0.1) is 0 Å². The summed E-state index contributed by atoms with van der Waals surface area (Å²) in [6, 6.07) is -0.734. The minimum Gasteiger partial charge on any atom is -0.480 e. The van der Waals surface area contributed by atoms with Crippen LogP contribution in [-0.2, 0) is 9.59 Å². The number of hydrogen-bond donors (Lipinski definition) is 2. The first-order chi connectivity index (χ1) is 7.11. The van der Waals surface area contributed by atoms with Gasteiger partial charge in [-0.1, -0.05) is 13.3 Å². The lowest BCUT2D eigenvalue weighted by molar-refractivity contribution is -0.141. The summed E-state index contributed by atoms with van der Waals surface area (Å²) >= 11 is 1.58. The molecular weight excluding hydrogens is 214 g/mol. The van der Waals surface area contributed by atoms with Crippen LogP contribution in [0.3, 0.4) is 0 Å². The number of amides is 1. The summed E-state index contributed by atoms with van der Waals surface area (Å²) in [7, 11) is 0. The van der Waals surface area contributed by atoms with Crippen LogP contribution in [-0.4, -0.2) is 35.0 Å². The van der Waals surface area contributed by atoms with Crippen LogP contribution in [0.15, 0.2) is 0 Å². The predicted molar refractivity (Wildman–Crippen MR) is 62.1 cm³/mol. The number of rotatable bonds is 8. The maximum Gasteiger partial charge on any atom is 0.326 e. The lowest BCUT2D eigenvalue weighted by Crippen LogP contribution is -2.41. The van der Waals surface area contributed by atoms with E-state index in [-0.39, 0.29) is 5.91 Å². The van der Waals surface area contributed by atoms with Gasteiger partial charge in [-0.15, -0.1) is 0 Å². The van der Waals surface area contributed by atoms with Crippen LogP contribution in [0.2, 0.25) is 0 Å². The van der Waals surface area contributed by atoms with Crippen molar-refractivity contribution < 1.29 is 14.7 Å². The van der Waals surface area contributed by atoms with Gasteiger partial charge in [-0.3, -0.25) is 4.79 Å². The number of carboxylic acid groups (broad SMARTS) is 1. The topological polar surface area (TPSA) is 66.4 Å². The number of nitrogens with one attached hydrogen (secondary N) is 1. The average Bonchev–Trinajstić information content (AvgIpc) is 2.20. The minimum absolute atomic E-state index is 0.162. The highest BCUT2D eigenvalue weighted by atomic mass is 32.2. The Balaban J connectivity index is 3.93. The van der Waals surface area contributed by atoms with Crippen molar-refractivity contribution in [3.8, 4) is 0 Å². The Morgan fingerprint density at radius 3 is 2.60 bits per heavy atom. The summed E-state index contributed by atoms with van der Waals surface area (Å²) in [5.41, 5.74) is 0. The fraction of sp³-hybridized carbons (Fsp3) is 0.800. The molecule has 1 amide bonds. The maximum absolute atomic E-state index is 11.3. The fourth-order valence-corrected chi connectivity index (χ4v) is 1.57. The number of hydrogen-bond acceptors (Lipinski definition) is 3. The molecule has 4 nitrogen and oxygen atoms in total. The molecule has 1 atom stereocenters. The normalized spacial score (nSPS) is 12.1. The van der Waals surface area contributed by atoms with Gasteiger partial charge in [-0.25, -0.2) is 4.79 Å². The highest BCUT2D eigenvalue weighted by molar-refractivity contribution is 7.98. The molecule has 0 aliphatic carbocycles. The van der Waals surface area contributed by atoms with Gasteiger partial charge < -0.3 is 10.4 Å². The van der Waals surface area contributed by atoms with E-state index >= 15 is 0 Å². The summed E-state index contributed by atoms with van der Waals surface area (Å²) in [5, 5.41) is 11.4.